The number of aliphatic imine (C=N–C) groups is 1. The quantitative estimate of drug-likeness (QED) is 0.663. The summed E-state index contributed by atoms with van der Waals surface area (Å²) in [6.07, 6.45) is 5.05. The van der Waals surface area contributed by atoms with Crippen molar-refractivity contribution >= 4 is 5.96 Å². The number of guanidine groups is 1. The van der Waals surface area contributed by atoms with Gasteiger partial charge in [0.1, 0.15) is 0 Å². The second-order valence-electron chi connectivity index (χ2n) is 6.11. The van der Waals surface area contributed by atoms with Crippen LogP contribution in [-0.2, 0) is 6.54 Å². The maximum Gasteiger partial charge on any atom is 0.191 e. The van der Waals surface area contributed by atoms with E-state index in [4.69, 9.17) is 5.26 Å². The Bertz CT molecular complexity index is 519. The molecule has 0 spiro atoms. The number of hydrogen-bond donors (Lipinski definition) is 2. The predicted molar refractivity (Wildman–Crippen MR) is 90.5 cm³/mol. The zero-order valence-electron chi connectivity index (χ0n) is 13.6. The van der Waals surface area contributed by atoms with Crippen LogP contribution in [0.25, 0.3) is 0 Å². The Morgan fingerprint density at radius 3 is 2.50 bits per heavy atom. The van der Waals surface area contributed by atoms with E-state index < -0.39 is 0 Å². The number of nitrogens with zero attached hydrogens (tertiary/aromatic N) is 2. The summed E-state index contributed by atoms with van der Waals surface area (Å²) in [5, 5.41) is 15.7. The Morgan fingerprint density at radius 1 is 1.23 bits per heavy atom. The molecule has 0 saturated heterocycles. The van der Waals surface area contributed by atoms with E-state index >= 15 is 0 Å². The molecule has 1 fully saturated rings. The van der Waals surface area contributed by atoms with Gasteiger partial charge in [-0.15, -0.1) is 0 Å². The second kappa shape index (κ2) is 8.43. The lowest BCUT2D eigenvalue weighted by Crippen LogP contribution is -2.44. The Morgan fingerprint density at radius 2 is 1.91 bits per heavy atom. The molecule has 0 aliphatic heterocycles. The lowest BCUT2D eigenvalue weighted by atomic mass is 9.87. The van der Waals surface area contributed by atoms with E-state index in [1.54, 1.807) is 0 Å². The highest BCUT2D eigenvalue weighted by molar-refractivity contribution is 5.80. The summed E-state index contributed by atoms with van der Waals surface area (Å²) in [4.78, 5) is 4.66. The maximum absolute atomic E-state index is 8.82. The van der Waals surface area contributed by atoms with Gasteiger partial charge in [0, 0.05) is 12.6 Å². The first-order chi connectivity index (χ1) is 10.7. The van der Waals surface area contributed by atoms with E-state index in [1.807, 2.05) is 24.3 Å². The zero-order chi connectivity index (χ0) is 15.8. The molecule has 118 valence electrons. The molecule has 0 radical (unpaired) electrons. The Balaban J connectivity index is 1.92. The van der Waals surface area contributed by atoms with Gasteiger partial charge in [-0.1, -0.05) is 19.1 Å². The first kappa shape index (κ1) is 16.4. The standard InChI is InChI=1S/C18H26N4/c1-3-20-18(22-17-10-4-14(2)5-11-17)21-13-16-8-6-15(12-19)7-9-16/h6-9,14,17H,3-5,10-11,13H2,1-2H3,(H2,20,21,22). The summed E-state index contributed by atoms with van der Waals surface area (Å²) in [6, 6.07) is 10.3. The van der Waals surface area contributed by atoms with E-state index in [9.17, 15) is 0 Å². The predicted octanol–water partition coefficient (Wildman–Crippen LogP) is 3.19. The van der Waals surface area contributed by atoms with Gasteiger partial charge in [0.25, 0.3) is 0 Å². The summed E-state index contributed by atoms with van der Waals surface area (Å²) < 4.78 is 0. The van der Waals surface area contributed by atoms with Crippen molar-refractivity contribution in [2.45, 2.75) is 52.1 Å². The average Bonchev–Trinajstić information content (AvgIpc) is 2.55. The highest BCUT2D eigenvalue weighted by atomic mass is 15.2. The van der Waals surface area contributed by atoms with Crippen LogP contribution in [0.5, 0.6) is 0 Å². The summed E-state index contributed by atoms with van der Waals surface area (Å²) >= 11 is 0. The van der Waals surface area contributed by atoms with Gasteiger partial charge < -0.3 is 10.6 Å². The lowest BCUT2D eigenvalue weighted by Gasteiger charge is -2.28. The van der Waals surface area contributed by atoms with E-state index in [-0.39, 0.29) is 0 Å². The SMILES string of the molecule is CCNC(=NCc1ccc(C#N)cc1)NC1CCC(C)CC1. The van der Waals surface area contributed by atoms with Crippen molar-refractivity contribution in [1.29, 1.82) is 5.26 Å². The summed E-state index contributed by atoms with van der Waals surface area (Å²) in [6.45, 7) is 5.91. The van der Waals surface area contributed by atoms with Crippen LogP contribution in [0.15, 0.2) is 29.3 Å². The molecule has 4 nitrogen and oxygen atoms in total. The fourth-order valence-corrected chi connectivity index (χ4v) is 2.77. The summed E-state index contributed by atoms with van der Waals surface area (Å²) in [5.74, 6) is 1.75. The normalized spacial score (nSPS) is 22.0. The van der Waals surface area contributed by atoms with E-state index in [0.29, 0.717) is 18.2 Å². The van der Waals surface area contributed by atoms with Crippen LogP contribution in [0.1, 0.15) is 50.7 Å². The van der Waals surface area contributed by atoms with Gasteiger partial charge in [0.15, 0.2) is 5.96 Å². The molecule has 2 rings (SSSR count). The van der Waals surface area contributed by atoms with Crippen molar-refractivity contribution in [2.24, 2.45) is 10.9 Å². The first-order valence-corrected chi connectivity index (χ1v) is 8.25. The number of hydrogen-bond acceptors (Lipinski definition) is 2. The minimum absolute atomic E-state index is 0.537. The van der Waals surface area contributed by atoms with Crippen molar-refractivity contribution in [3.63, 3.8) is 0 Å². The molecule has 0 heterocycles. The molecule has 0 aromatic heterocycles. The minimum Gasteiger partial charge on any atom is -0.357 e. The van der Waals surface area contributed by atoms with E-state index in [2.05, 4.69) is 35.5 Å². The van der Waals surface area contributed by atoms with Crippen molar-refractivity contribution in [1.82, 2.24) is 10.6 Å². The molecule has 2 N–H and O–H groups in total. The monoisotopic (exact) mass is 298 g/mol. The lowest BCUT2D eigenvalue weighted by molar-refractivity contribution is 0.329. The maximum atomic E-state index is 8.82. The molecule has 1 aromatic rings. The van der Waals surface area contributed by atoms with Crippen LogP contribution in [0.3, 0.4) is 0 Å². The van der Waals surface area contributed by atoms with Gasteiger partial charge in [-0.2, -0.15) is 5.26 Å². The van der Waals surface area contributed by atoms with E-state index in [1.165, 1.54) is 25.7 Å². The third kappa shape index (κ3) is 5.07. The molecular formula is C18H26N4. The average molecular weight is 298 g/mol. The number of nitrogens with one attached hydrogen (secondary N) is 2. The molecule has 1 aromatic carbocycles. The van der Waals surface area contributed by atoms with Crippen LogP contribution in [0.4, 0.5) is 0 Å². The van der Waals surface area contributed by atoms with Crippen LogP contribution in [-0.4, -0.2) is 18.5 Å². The van der Waals surface area contributed by atoms with Crippen LogP contribution < -0.4 is 10.6 Å². The zero-order valence-corrected chi connectivity index (χ0v) is 13.6. The highest BCUT2D eigenvalue weighted by Gasteiger charge is 2.18. The van der Waals surface area contributed by atoms with Crippen molar-refractivity contribution in [3.05, 3.63) is 35.4 Å². The Kier molecular flexibility index (Phi) is 6.27. The summed E-state index contributed by atoms with van der Waals surface area (Å²) in [5.41, 5.74) is 1.81. The Hall–Kier alpha value is -2.02. The number of benzene rings is 1. The molecule has 0 atom stereocenters. The van der Waals surface area contributed by atoms with Gasteiger partial charge in [-0.25, -0.2) is 4.99 Å². The largest absolute Gasteiger partial charge is 0.357 e. The minimum atomic E-state index is 0.537. The van der Waals surface area contributed by atoms with Gasteiger partial charge in [0.05, 0.1) is 18.2 Å². The highest BCUT2D eigenvalue weighted by Crippen LogP contribution is 2.23. The smallest absolute Gasteiger partial charge is 0.191 e. The molecule has 4 heteroatoms. The summed E-state index contributed by atoms with van der Waals surface area (Å²) in [7, 11) is 0. The van der Waals surface area contributed by atoms with Crippen molar-refractivity contribution in [3.8, 4) is 6.07 Å². The van der Waals surface area contributed by atoms with E-state index in [0.717, 1.165) is 24.0 Å². The molecule has 1 aliphatic carbocycles. The number of nitriles is 1. The van der Waals surface area contributed by atoms with Crippen molar-refractivity contribution in [2.75, 3.05) is 6.54 Å². The van der Waals surface area contributed by atoms with Crippen LogP contribution in [0, 0.1) is 17.2 Å². The molecule has 0 amide bonds. The fraction of sp³-hybridized carbons (Fsp3) is 0.556. The van der Waals surface area contributed by atoms with Gasteiger partial charge in [-0.05, 0) is 56.2 Å². The molecule has 1 aliphatic rings. The van der Waals surface area contributed by atoms with Crippen LogP contribution >= 0.6 is 0 Å². The third-order valence-electron chi connectivity index (χ3n) is 4.20. The molecule has 1 saturated carbocycles. The molecule has 0 unspecified atom stereocenters. The Labute approximate surface area is 133 Å². The van der Waals surface area contributed by atoms with Crippen molar-refractivity contribution < 1.29 is 0 Å². The van der Waals surface area contributed by atoms with Crippen LogP contribution in [0.2, 0.25) is 0 Å². The molecule has 0 bridgehead atoms. The second-order valence-corrected chi connectivity index (χ2v) is 6.11. The topological polar surface area (TPSA) is 60.2 Å². The van der Waals surface area contributed by atoms with Gasteiger partial charge in [0.2, 0.25) is 0 Å². The van der Waals surface area contributed by atoms with Gasteiger partial charge >= 0.3 is 0 Å². The first-order valence-electron chi connectivity index (χ1n) is 8.25. The fourth-order valence-electron chi connectivity index (χ4n) is 2.77. The molecular weight excluding hydrogens is 272 g/mol. The third-order valence-corrected chi connectivity index (χ3v) is 4.20. The van der Waals surface area contributed by atoms with Gasteiger partial charge in [-0.3, -0.25) is 0 Å². The number of rotatable bonds is 4. The molecule has 22 heavy (non-hydrogen) atoms.